The second-order valence-electron chi connectivity index (χ2n) is 4.69. The van der Waals surface area contributed by atoms with Crippen LogP contribution in [0.1, 0.15) is 13.3 Å². The molecular formula is C12H14ClFN2O. The van der Waals surface area contributed by atoms with Gasteiger partial charge >= 0.3 is 0 Å². The van der Waals surface area contributed by atoms with E-state index in [2.05, 4.69) is 0 Å². The number of nitrogens with zero attached hydrogens (tertiary/aromatic N) is 1. The fraction of sp³-hybridized carbons (Fsp3) is 0.417. The molecule has 1 aromatic rings. The standard InChI is InChI=1S/C12H14ClFN2O/c1-12(11(15)17)4-5-16(7-12)8-2-3-9(13)10(14)6-8/h2-3,6H,4-5,7H2,1H3,(H2,15,17)/t12-/m0/s1. The molecule has 5 heteroatoms. The van der Waals surface area contributed by atoms with Crippen LogP contribution >= 0.6 is 11.6 Å². The van der Waals surface area contributed by atoms with Gasteiger partial charge in [0.25, 0.3) is 0 Å². The monoisotopic (exact) mass is 256 g/mol. The lowest BCUT2D eigenvalue weighted by atomic mass is 9.89. The van der Waals surface area contributed by atoms with E-state index in [0.29, 0.717) is 19.5 Å². The van der Waals surface area contributed by atoms with Crippen LogP contribution in [-0.4, -0.2) is 19.0 Å². The van der Waals surface area contributed by atoms with Gasteiger partial charge in [0.05, 0.1) is 10.4 Å². The Hall–Kier alpha value is -1.29. The molecule has 1 fully saturated rings. The quantitative estimate of drug-likeness (QED) is 0.882. The maximum atomic E-state index is 13.3. The Morgan fingerprint density at radius 2 is 2.29 bits per heavy atom. The fourth-order valence-corrected chi connectivity index (χ4v) is 2.18. The van der Waals surface area contributed by atoms with Crippen LogP contribution in [0.4, 0.5) is 10.1 Å². The summed E-state index contributed by atoms with van der Waals surface area (Å²) in [4.78, 5) is 13.3. The number of halogens is 2. The molecule has 1 aromatic carbocycles. The van der Waals surface area contributed by atoms with Crippen LogP contribution in [0, 0.1) is 11.2 Å². The van der Waals surface area contributed by atoms with Crippen LogP contribution in [0.5, 0.6) is 0 Å². The van der Waals surface area contributed by atoms with Gasteiger partial charge in [-0.2, -0.15) is 0 Å². The highest BCUT2D eigenvalue weighted by Gasteiger charge is 2.38. The predicted octanol–water partition coefficient (Wildman–Crippen LogP) is 2.18. The summed E-state index contributed by atoms with van der Waals surface area (Å²) in [5.74, 6) is -0.758. The van der Waals surface area contributed by atoms with E-state index in [1.807, 2.05) is 11.8 Å². The van der Waals surface area contributed by atoms with Gasteiger partial charge in [-0.25, -0.2) is 4.39 Å². The van der Waals surface area contributed by atoms with Crippen molar-refractivity contribution in [1.29, 1.82) is 0 Å². The van der Waals surface area contributed by atoms with Crippen LogP contribution < -0.4 is 10.6 Å². The first kappa shape index (κ1) is 12.2. The third-order valence-corrected chi connectivity index (χ3v) is 3.64. The van der Waals surface area contributed by atoms with Crippen molar-refractivity contribution in [3.63, 3.8) is 0 Å². The minimum absolute atomic E-state index is 0.102. The van der Waals surface area contributed by atoms with Gasteiger partial charge < -0.3 is 10.6 Å². The molecule has 0 unspecified atom stereocenters. The first-order valence-electron chi connectivity index (χ1n) is 5.42. The minimum atomic E-state index is -0.532. The van der Waals surface area contributed by atoms with Crippen LogP contribution in [0.25, 0.3) is 0 Å². The van der Waals surface area contributed by atoms with Crippen molar-refractivity contribution in [2.24, 2.45) is 11.1 Å². The molecule has 0 spiro atoms. The molecule has 0 saturated carbocycles. The molecule has 0 radical (unpaired) electrons. The summed E-state index contributed by atoms with van der Waals surface area (Å²) in [5.41, 5.74) is 5.57. The maximum absolute atomic E-state index is 13.3. The van der Waals surface area contributed by atoms with E-state index < -0.39 is 11.2 Å². The van der Waals surface area contributed by atoms with Gasteiger partial charge in [-0.3, -0.25) is 4.79 Å². The Morgan fingerprint density at radius 1 is 1.59 bits per heavy atom. The molecule has 1 amide bonds. The van der Waals surface area contributed by atoms with E-state index >= 15 is 0 Å². The van der Waals surface area contributed by atoms with E-state index in [1.165, 1.54) is 12.1 Å². The lowest BCUT2D eigenvalue weighted by molar-refractivity contribution is -0.125. The van der Waals surface area contributed by atoms with E-state index in [9.17, 15) is 9.18 Å². The molecule has 1 heterocycles. The topological polar surface area (TPSA) is 46.3 Å². The van der Waals surface area contributed by atoms with Crippen LogP contribution in [-0.2, 0) is 4.79 Å². The van der Waals surface area contributed by atoms with Crippen molar-refractivity contribution in [3.8, 4) is 0 Å². The summed E-state index contributed by atoms with van der Waals surface area (Å²) >= 11 is 5.63. The van der Waals surface area contributed by atoms with Gasteiger partial charge in [-0.15, -0.1) is 0 Å². The second-order valence-corrected chi connectivity index (χ2v) is 5.10. The van der Waals surface area contributed by atoms with E-state index in [1.54, 1.807) is 6.07 Å². The zero-order chi connectivity index (χ0) is 12.6. The number of hydrogen-bond donors (Lipinski definition) is 1. The average molecular weight is 257 g/mol. The number of amides is 1. The SMILES string of the molecule is C[C@]1(C(N)=O)CCN(c2ccc(Cl)c(F)c2)C1. The Kier molecular flexibility index (Phi) is 3.00. The number of carbonyl (C=O) groups is 1. The third kappa shape index (κ3) is 2.22. The Labute approximate surface area is 104 Å². The Morgan fingerprint density at radius 3 is 2.82 bits per heavy atom. The number of benzene rings is 1. The molecule has 0 bridgehead atoms. The summed E-state index contributed by atoms with van der Waals surface area (Å²) in [6.07, 6.45) is 0.687. The number of primary amides is 1. The van der Waals surface area contributed by atoms with E-state index in [-0.39, 0.29) is 10.9 Å². The molecular weight excluding hydrogens is 243 g/mol. The van der Waals surface area contributed by atoms with Crippen molar-refractivity contribution in [1.82, 2.24) is 0 Å². The van der Waals surface area contributed by atoms with E-state index in [4.69, 9.17) is 17.3 Å². The lowest BCUT2D eigenvalue weighted by Gasteiger charge is -2.22. The molecule has 1 aliphatic heterocycles. The maximum Gasteiger partial charge on any atom is 0.225 e. The number of rotatable bonds is 2. The normalized spacial score (nSPS) is 24.1. The van der Waals surface area contributed by atoms with Gasteiger partial charge in [0.1, 0.15) is 5.82 Å². The first-order valence-corrected chi connectivity index (χ1v) is 5.80. The van der Waals surface area contributed by atoms with Crippen LogP contribution in [0.2, 0.25) is 5.02 Å². The lowest BCUT2D eigenvalue weighted by Crippen LogP contribution is -2.37. The fourth-order valence-electron chi connectivity index (χ4n) is 2.06. The molecule has 0 aromatic heterocycles. The molecule has 2 rings (SSSR count). The number of nitrogens with two attached hydrogens (primary N) is 1. The smallest absolute Gasteiger partial charge is 0.225 e. The molecule has 1 atom stereocenters. The van der Waals surface area contributed by atoms with Gasteiger partial charge in [0.15, 0.2) is 0 Å². The third-order valence-electron chi connectivity index (χ3n) is 3.34. The second kappa shape index (κ2) is 4.18. The summed E-state index contributed by atoms with van der Waals surface area (Å²) in [6.45, 7) is 3.05. The minimum Gasteiger partial charge on any atom is -0.370 e. The molecule has 0 aliphatic carbocycles. The Bertz CT molecular complexity index is 466. The Balaban J connectivity index is 2.21. The van der Waals surface area contributed by atoms with Crippen LogP contribution in [0.3, 0.4) is 0 Å². The van der Waals surface area contributed by atoms with Gasteiger partial charge in [-0.1, -0.05) is 11.6 Å². The summed E-state index contributed by atoms with van der Waals surface area (Å²) < 4.78 is 13.3. The summed E-state index contributed by atoms with van der Waals surface area (Å²) in [6, 6.07) is 4.65. The van der Waals surface area contributed by atoms with Gasteiger partial charge in [-0.05, 0) is 31.5 Å². The predicted molar refractivity (Wildman–Crippen MR) is 65.5 cm³/mol. The van der Waals surface area contributed by atoms with Crippen molar-refractivity contribution in [2.45, 2.75) is 13.3 Å². The van der Waals surface area contributed by atoms with Crippen molar-refractivity contribution in [2.75, 3.05) is 18.0 Å². The number of hydrogen-bond acceptors (Lipinski definition) is 2. The molecule has 3 nitrogen and oxygen atoms in total. The van der Waals surface area contributed by atoms with Crippen molar-refractivity contribution in [3.05, 3.63) is 29.0 Å². The first-order chi connectivity index (χ1) is 7.92. The largest absolute Gasteiger partial charge is 0.370 e. The zero-order valence-corrected chi connectivity index (χ0v) is 10.3. The zero-order valence-electron chi connectivity index (χ0n) is 9.54. The van der Waals surface area contributed by atoms with Crippen LogP contribution in [0.15, 0.2) is 18.2 Å². The molecule has 2 N–H and O–H groups in total. The molecule has 92 valence electrons. The number of anilines is 1. The highest BCUT2D eigenvalue weighted by atomic mass is 35.5. The van der Waals surface area contributed by atoms with Gasteiger partial charge in [0, 0.05) is 18.8 Å². The van der Waals surface area contributed by atoms with Crippen molar-refractivity contribution < 1.29 is 9.18 Å². The molecule has 1 saturated heterocycles. The van der Waals surface area contributed by atoms with Gasteiger partial charge in [0.2, 0.25) is 5.91 Å². The van der Waals surface area contributed by atoms with E-state index in [0.717, 1.165) is 5.69 Å². The summed E-state index contributed by atoms with van der Waals surface area (Å²) in [5, 5.41) is 0.102. The number of carbonyl (C=O) groups excluding carboxylic acids is 1. The highest BCUT2D eigenvalue weighted by Crippen LogP contribution is 2.33. The van der Waals surface area contributed by atoms with Crippen molar-refractivity contribution >= 4 is 23.2 Å². The summed E-state index contributed by atoms with van der Waals surface area (Å²) in [7, 11) is 0. The average Bonchev–Trinajstić information content (AvgIpc) is 2.67. The highest BCUT2D eigenvalue weighted by molar-refractivity contribution is 6.30. The molecule has 1 aliphatic rings. The molecule has 17 heavy (non-hydrogen) atoms.